The van der Waals surface area contributed by atoms with Gasteiger partial charge in [0.1, 0.15) is 11.5 Å². The van der Waals surface area contributed by atoms with Gasteiger partial charge in [0.05, 0.1) is 28.2 Å². The first-order valence-corrected chi connectivity index (χ1v) is 11.0. The minimum Gasteiger partial charge on any atom is -0.504 e. The number of ether oxygens (including phenoxy) is 5. The number of anilines is 2. The fourth-order valence-electron chi connectivity index (χ4n) is 3.15. The molecule has 0 bridgehead atoms. The van der Waals surface area contributed by atoms with E-state index in [0.717, 1.165) is 6.20 Å². The van der Waals surface area contributed by atoms with Crippen LogP contribution in [0.15, 0.2) is 12.3 Å². The van der Waals surface area contributed by atoms with Crippen molar-refractivity contribution in [2.75, 3.05) is 12.1 Å². The molecule has 3 aromatic rings. The van der Waals surface area contributed by atoms with Crippen LogP contribution in [0, 0.1) is 0 Å². The number of carbonyl (C=O) groups excluding carboxylic acids is 2. The van der Waals surface area contributed by atoms with E-state index in [-0.39, 0.29) is 29.1 Å². The molecule has 0 unspecified atom stereocenters. The molecule has 0 spiro atoms. The van der Waals surface area contributed by atoms with Crippen LogP contribution in [0.25, 0.3) is 10.9 Å². The second-order valence-corrected chi connectivity index (χ2v) is 8.30. The first-order chi connectivity index (χ1) is 18.6. The smallest absolute Gasteiger partial charge is 0.491 e. The average molecular weight is 599 g/mol. The Balaban J connectivity index is 1.99. The van der Waals surface area contributed by atoms with E-state index < -0.39 is 70.4 Å². The van der Waals surface area contributed by atoms with Gasteiger partial charge in [-0.2, -0.15) is 36.3 Å². The third kappa shape index (κ3) is 5.75. The molecule has 0 fully saturated rings. The van der Waals surface area contributed by atoms with Crippen molar-refractivity contribution in [2.24, 2.45) is 0 Å². The molecule has 1 aliphatic rings. The Kier molecular flexibility index (Phi) is 7.31. The van der Waals surface area contributed by atoms with E-state index >= 15 is 0 Å². The highest BCUT2D eigenvalue weighted by Crippen LogP contribution is 2.49. The first-order valence-electron chi connectivity index (χ1n) is 10.6. The summed E-state index contributed by atoms with van der Waals surface area (Å²) in [5.74, 6) is -9.21. The van der Waals surface area contributed by atoms with Gasteiger partial charge in [0, 0.05) is 6.07 Å². The van der Waals surface area contributed by atoms with Crippen LogP contribution in [0.4, 0.5) is 37.8 Å². The van der Waals surface area contributed by atoms with Crippen molar-refractivity contribution in [3.05, 3.63) is 17.3 Å². The molecular formula is C21H13ClF6N4O8. The number of benzene rings is 1. The van der Waals surface area contributed by atoms with Crippen LogP contribution in [0.1, 0.15) is 13.8 Å². The zero-order valence-corrected chi connectivity index (χ0v) is 20.5. The van der Waals surface area contributed by atoms with Gasteiger partial charge in [-0.1, -0.05) is 11.6 Å². The van der Waals surface area contributed by atoms with Crippen molar-refractivity contribution in [1.29, 1.82) is 0 Å². The quantitative estimate of drug-likeness (QED) is 0.232. The van der Waals surface area contributed by atoms with Gasteiger partial charge < -0.3 is 34.1 Å². The predicted molar refractivity (Wildman–Crippen MR) is 119 cm³/mol. The molecule has 0 saturated heterocycles. The number of phenolic OH excluding ortho intramolecular Hbond substituents is 1. The molecule has 3 heterocycles. The van der Waals surface area contributed by atoms with E-state index in [4.69, 9.17) is 25.8 Å². The van der Waals surface area contributed by atoms with E-state index in [1.165, 1.54) is 13.8 Å². The lowest BCUT2D eigenvalue weighted by Gasteiger charge is -2.20. The van der Waals surface area contributed by atoms with Crippen LogP contribution in [0.3, 0.4) is 0 Å². The Morgan fingerprint density at radius 2 is 1.70 bits per heavy atom. The lowest BCUT2D eigenvalue weighted by atomic mass is 10.1. The van der Waals surface area contributed by atoms with E-state index in [9.17, 15) is 41.0 Å². The van der Waals surface area contributed by atoms with E-state index in [1.807, 2.05) is 0 Å². The molecule has 4 rings (SSSR count). The largest absolute Gasteiger partial charge is 0.504 e. The summed E-state index contributed by atoms with van der Waals surface area (Å²) in [4.78, 5) is 34.3. The zero-order chi connectivity index (χ0) is 29.6. The molecule has 12 nitrogen and oxygen atoms in total. The fraction of sp³-hybridized carbons (Fsp3) is 0.286. The van der Waals surface area contributed by atoms with Gasteiger partial charge in [0.15, 0.2) is 11.5 Å². The Morgan fingerprint density at radius 1 is 1.05 bits per heavy atom. The number of aromatic hydroxyl groups is 1. The van der Waals surface area contributed by atoms with Gasteiger partial charge in [-0.05, 0) is 13.8 Å². The third-order valence-electron chi connectivity index (χ3n) is 4.65. The van der Waals surface area contributed by atoms with Gasteiger partial charge in [-0.25, -0.2) is 14.6 Å². The van der Waals surface area contributed by atoms with Crippen molar-refractivity contribution in [2.45, 2.75) is 32.3 Å². The zero-order valence-electron chi connectivity index (χ0n) is 19.7. The number of aromatic nitrogens is 3. The van der Waals surface area contributed by atoms with Crippen molar-refractivity contribution < 1.29 is 64.7 Å². The van der Waals surface area contributed by atoms with Gasteiger partial charge in [-0.15, -0.1) is 0 Å². The van der Waals surface area contributed by atoms with Crippen LogP contribution >= 0.6 is 11.6 Å². The maximum Gasteiger partial charge on any atom is 0.491 e. The molecule has 0 radical (unpaired) electrons. The number of hydrogen-bond donors (Lipinski definition) is 2. The van der Waals surface area contributed by atoms with Gasteiger partial charge in [-0.3, -0.25) is 0 Å². The highest BCUT2D eigenvalue weighted by atomic mass is 35.5. The van der Waals surface area contributed by atoms with Crippen molar-refractivity contribution >= 4 is 45.9 Å². The Morgan fingerprint density at radius 3 is 2.33 bits per heavy atom. The Labute approximate surface area is 222 Å². The summed E-state index contributed by atoms with van der Waals surface area (Å²) in [5, 5.41) is 12.4. The van der Waals surface area contributed by atoms with Crippen LogP contribution in [-0.4, -0.2) is 57.2 Å². The van der Waals surface area contributed by atoms with Gasteiger partial charge in [0.25, 0.3) is 5.88 Å². The minimum absolute atomic E-state index is 0.0647. The summed E-state index contributed by atoms with van der Waals surface area (Å²) in [6.45, 7) is 2.52. The van der Waals surface area contributed by atoms with Crippen LogP contribution in [0.2, 0.25) is 5.02 Å². The number of esters is 2. The Hall–Kier alpha value is -4.48. The van der Waals surface area contributed by atoms with E-state index in [2.05, 4.69) is 29.7 Å². The van der Waals surface area contributed by atoms with Gasteiger partial charge in [0.2, 0.25) is 18.3 Å². The van der Waals surface area contributed by atoms with Crippen LogP contribution < -0.4 is 29.0 Å². The molecule has 0 aliphatic carbocycles. The lowest BCUT2D eigenvalue weighted by molar-refractivity contribution is -0.190. The predicted octanol–water partition coefficient (Wildman–Crippen LogP) is 4.58. The summed E-state index contributed by atoms with van der Waals surface area (Å²) in [5.41, 5.74) is -0.670. The average Bonchev–Trinajstić information content (AvgIpc) is 3.30. The third-order valence-corrected chi connectivity index (χ3v) is 4.94. The lowest BCUT2D eigenvalue weighted by Crippen LogP contribution is -2.29. The molecule has 1 aromatic carbocycles. The van der Waals surface area contributed by atoms with Crippen LogP contribution in [0.5, 0.6) is 34.9 Å². The Bertz CT molecular complexity index is 1520. The number of rotatable bonds is 6. The maximum absolute atomic E-state index is 13.0. The monoisotopic (exact) mass is 598 g/mol. The standard InChI is InChI=1S/C21H13ClF6N4O8/c1-6(2)38-13-10-8(3-9(33)12(13)39-17(34)20(23,24)25)30-19(40-18(35)21(26,27)28)32-15(10)31-11-7(22)4-29-16-14(11)36-5-37-16/h3-4,6,33H,5H2,1-2H3,(H,29,30,31,32). The van der Waals surface area contributed by atoms with E-state index in [0.29, 0.717) is 6.07 Å². The topological polar surface area (TPSA) is 151 Å². The van der Waals surface area contributed by atoms with Crippen molar-refractivity contribution in [1.82, 2.24) is 15.0 Å². The van der Waals surface area contributed by atoms with Crippen molar-refractivity contribution in [3.8, 4) is 34.9 Å². The fourth-order valence-corrected chi connectivity index (χ4v) is 3.34. The second-order valence-electron chi connectivity index (χ2n) is 7.89. The normalized spacial score (nSPS) is 12.9. The molecule has 0 amide bonds. The minimum atomic E-state index is -5.49. The molecule has 0 saturated carbocycles. The molecular weight excluding hydrogens is 586 g/mol. The van der Waals surface area contributed by atoms with E-state index in [1.54, 1.807) is 0 Å². The highest BCUT2D eigenvalue weighted by Gasteiger charge is 2.44. The summed E-state index contributed by atoms with van der Waals surface area (Å²) in [6.07, 6.45) is -10.7. The molecule has 0 atom stereocenters. The molecule has 2 N–H and O–H groups in total. The highest BCUT2D eigenvalue weighted by molar-refractivity contribution is 6.33. The summed E-state index contributed by atoms with van der Waals surface area (Å²) < 4.78 is 102. The number of fused-ring (bicyclic) bond motifs is 2. The second kappa shape index (κ2) is 10.2. The van der Waals surface area contributed by atoms with Gasteiger partial charge >= 0.3 is 30.3 Å². The molecule has 2 aromatic heterocycles. The molecule has 214 valence electrons. The number of carbonyl (C=O) groups is 2. The number of phenols is 1. The molecule has 1 aliphatic heterocycles. The number of nitrogens with one attached hydrogen (secondary N) is 1. The number of halogens is 7. The number of nitrogens with zero attached hydrogens (tertiary/aromatic N) is 3. The van der Waals surface area contributed by atoms with Crippen LogP contribution in [-0.2, 0) is 9.59 Å². The summed E-state index contributed by atoms with van der Waals surface area (Å²) >= 11 is 6.19. The molecule has 40 heavy (non-hydrogen) atoms. The summed E-state index contributed by atoms with van der Waals surface area (Å²) in [6, 6.07) is -0.594. The van der Waals surface area contributed by atoms with Crippen molar-refractivity contribution in [3.63, 3.8) is 0 Å². The number of alkyl halides is 6. The number of pyridine rings is 1. The summed E-state index contributed by atoms with van der Waals surface area (Å²) in [7, 11) is 0. The maximum atomic E-state index is 13.0. The number of hydrogen-bond acceptors (Lipinski definition) is 12. The SMILES string of the molecule is CC(C)Oc1c(OC(=O)C(F)(F)F)c(O)cc2nc(OC(=O)C(F)(F)F)nc(Nc3c(Cl)cnc4c3OCO4)c12. The first kappa shape index (κ1) is 28.5. The molecule has 19 heteroatoms.